The van der Waals surface area contributed by atoms with Gasteiger partial charge >= 0.3 is 0 Å². The number of hydrogen-bond acceptors (Lipinski definition) is 4. The molecule has 1 saturated heterocycles. The fourth-order valence-electron chi connectivity index (χ4n) is 3.99. The second-order valence-corrected chi connectivity index (χ2v) is 7.37. The summed E-state index contributed by atoms with van der Waals surface area (Å²) in [4.78, 5) is 14.9. The topological polar surface area (TPSA) is 67.6 Å². The normalized spacial score (nSPS) is 20.7. The molecule has 1 aliphatic heterocycles. The summed E-state index contributed by atoms with van der Waals surface area (Å²) in [5, 5.41) is 3.18. The summed E-state index contributed by atoms with van der Waals surface area (Å²) < 4.78 is 5.73. The van der Waals surface area contributed by atoms with Crippen LogP contribution in [-0.2, 0) is 4.79 Å². The highest BCUT2D eigenvalue weighted by Gasteiger charge is 2.32. The second kappa shape index (κ2) is 9.71. The molecule has 0 saturated carbocycles. The molecule has 0 bridgehead atoms. The van der Waals surface area contributed by atoms with Crippen LogP contribution in [0.2, 0.25) is 0 Å². The van der Waals surface area contributed by atoms with Crippen LogP contribution in [0.15, 0.2) is 54.6 Å². The van der Waals surface area contributed by atoms with E-state index in [1.807, 2.05) is 49.4 Å². The van der Waals surface area contributed by atoms with Crippen molar-refractivity contribution < 1.29 is 9.53 Å². The fraction of sp³-hybridized carbons (Fsp3) is 0.435. The van der Waals surface area contributed by atoms with Gasteiger partial charge in [-0.15, -0.1) is 0 Å². The molecule has 5 heteroatoms. The number of nitrogens with zero attached hydrogens (tertiary/aromatic N) is 1. The molecule has 0 aliphatic carbocycles. The van der Waals surface area contributed by atoms with Crippen molar-refractivity contribution in [3.63, 3.8) is 0 Å². The number of nitrogens with one attached hydrogen (secondary N) is 1. The zero-order chi connectivity index (χ0) is 19.9. The van der Waals surface area contributed by atoms with Crippen molar-refractivity contribution in [2.75, 3.05) is 26.2 Å². The number of hydrogen-bond donors (Lipinski definition) is 2. The largest absolute Gasteiger partial charge is 0.494 e. The lowest BCUT2D eigenvalue weighted by Crippen LogP contribution is -2.38. The lowest BCUT2D eigenvalue weighted by Gasteiger charge is -2.22. The first-order valence-electron chi connectivity index (χ1n) is 10.2. The number of carbonyl (C=O) groups excluding carboxylic acids is 1. The number of rotatable bonds is 8. The third kappa shape index (κ3) is 4.91. The summed E-state index contributed by atoms with van der Waals surface area (Å²) in [5.41, 5.74) is 8.63. The Morgan fingerprint density at radius 2 is 1.86 bits per heavy atom. The molecule has 3 atom stereocenters. The standard InChI is InChI=1S/C23H31N3O2/c1-3-21(18-12-8-9-13-22(18)28-4-2)25-23(27)16-26-14-19(20(24)15-26)17-10-6-5-7-11-17/h5-13,19-21H,3-4,14-16,24H2,1-2H3,(H,25,27)/t19-,20+,21?/m0/s1. The Labute approximate surface area is 167 Å². The van der Waals surface area contributed by atoms with Crippen LogP contribution in [0.1, 0.15) is 43.4 Å². The third-order valence-electron chi connectivity index (χ3n) is 5.37. The number of carbonyl (C=O) groups is 1. The Hall–Kier alpha value is -2.37. The number of para-hydroxylation sites is 1. The monoisotopic (exact) mass is 381 g/mol. The Balaban J connectivity index is 1.60. The van der Waals surface area contributed by atoms with Crippen LogP contribution in [0.25, 0.3) is 0 Å². The van der Waals surface area contributed by atoms with Crippen LogP contribution in [-0.4, -0.2) is 43.1 Å². The van der Waals surface area contributed by atoms with Crippen molar-refractivity contribution in [2.24, 2.45) is 5.73 Å². The van der Waals surface area contributed by atoms with Gasteiger partial charge in [-0.2, -0.15) is 0 Å². The number of amides is 1. The average Bonchev–Trinajstić information content (AvgIpc) is 3.07. The van der Waals surface area contributed by atoms with E-state index in [1.165, 1.54) is 5.56 Å². The van der Waals surface area contributed by atoms with E-state index < -0.39 is 0 Å². The molecule has 5 nitrogen and oxygen atoms in total. The predicted octanol–water partition coefficient (Wildman–Crippen LogP) is 3.08. The van der Waals surface area contributed by atoms with Gasteiger partial charge in [-0.05, 0) is 25.0 Å². The van der Waals surface area contributed by atoms with Crippen LogP contribution in [0.4, 0.5) is 0 Å². The Morgan fingerprint density at radius 3 is 2.57 bits per heavy atom. The van der Waals surface area contributed by atoms with Crippen LogP contribution in [0.3, 0.4) is 0 Å². The van der Waals surface area contributed by atoms with Crippen LogP contribution < -0.4 is 15.8 Å². The van der Waals surface area contributed by atoms with Gasteiger partial charge in [0.1, 0.15) is 5.75 Å². The van der Waals surface area contributed by atoms with E-state index in [-0.39, 0.29) is 23.9 Å². The molecule has 2 aromatic carbocycles. The molecule has 3 N–H and O–H groups in total. The molecule has 1 amide bonds. The second-order valence-electron chi connectivity index (χ2n) is 7.37. The summed E-state index contributed by atoms with van der Waals surface area (Å²) in [7, 11) is 0. The highest BCUT2D eigenvalue weighted by molar-refractivity contribution is 5.78. The van der Waals surface area contributed by atoms with Crippen molar-refractivity contribution in [3.05, 3.63) is 65.7 Å². The van der Waals surface area contributed by atoms with Gasteiger partial charge in [0.2, 0.25) is 5.91 Å². The number of benzene rings is 2. The molecule has 1 aliphatic rings. The maximum Gasteiger partial charge on any atom is 0.234 e. The Bertz CT molecular complexity index is 765. The van der Waals surface area contributed by atoms with E-state index in [0.717, 1.165) is 30.8 Å². The minimum absolute atomic E-state index is 0.0269. The quantitative estimate of drug-likeness (QED) is 0.737. The SMILES string of the molecule is CCOc1ccccc1C(CC)NC(=O)CN1C[C@@H](N)[C@H](c2ccccc2)C1. The predicted molar refractivity (Wildman–Crippen MR) is 112 cm³/mol. The van der Waals surface area contributed by atoms with Gasteiger partial charge in [0, 0.05) is 30.6 Å². The lowest BCUT2D eigenvalue weighted by molar-refractivity contribution is -0.122. The molecular formula is C23H31N3O2. The first-order chi connectivity index (χ1) is 13.6. The molecule has 1 fully saturated rings. The van der Waals surface area contributed by atoms with Crippen LogP contribution >= 0.6 is 0 Å². The highest BCUT2D eigenvalue weighted by atomic mass is 16.5. The molecule has 0 radical (unpaired) electrons. The molecule has 28 heavy (non-hydrogen) atoms. The molecule has 1 unspecified atom stereocenters. The van der Waals surface area contributed by atoms with E-state index in [1.54, 1.807) is 0 Å². The number of nitrogens with two attached hydrogens (primary N) is 1. The van der Waals surface area contributed by atoms with Crippen molar-refractivity contribution >= 4 is 5.91 Å². The van der Waals surface area contributed by atoms with Gasteiger partial charge in [0.05, 0.1) is 19.2 Å². The summed E-state index contributed by atoms with van der Waals surface area (Å²) in [6, 6.07) is 18.2. The van der Waals surface area contributed by atoms with E-state index in [2.05, 4.69) is 29.3 Å². The maximum atomic E-state index is 12.7. The summed E-state index contributed by atoms with van der Waals surface area (Å²) in [6.07, 6.45) is 0.808. The van der Waals surface area contributed by atoms with Gasteiger partial charge in [-0.25, -0.2) is 0 Å². The van der Waals surface area contributed by atoms with E-state index >= 15 is 0 Å². The summed E-state index contributed by atoms with van der Waals surface area (Å²) >= 11 is 0. The molecular weight excluding hydrogens is 350 g/mol. The van der Waals surface area contributed by atoms with Gasteiger partial charge in [0.25, 0.3) is 0 Å². The minimum Gasteiger partial charge on any atom is -0.494 e. The molecule has 0 aromatic heterocycles. The smallest absolute Gasteiger partial charge is 0.234 e. The van der Waals surface area contributed by atoms with E-state index in [0.29, 0.717) is 13.2 Å². The van der Waals surface area contributed by atoms with Gasteiger partial charge in [0.15, 0.2) is 0 Å². The van der Waals surface area contributed by atoms with Crippen molar-refractivity contribution in [1.29, 1.82) is 0 Å². The van der Waals surface area contributed by atoms with Crippen LogP contribution in [0.5, 0.6) is 5.75 Å². The molecule has 3 rings (SSSR count). The van der Waals surface area contributed by atoms with Crippen molar-refractivity contribution in [2.45, 2.75) is 38.3 Å². The maximum absolute atomic E-state index is 12.7. The Kier molecular flexibility index (Phi) is 7.06. The zero-order valence-corrected chi connectivity index (χ0v) is 16.8. The average molecular weight is 382 g/mol. The molecule has 0 spiro atoms. The molecule has 150 valence electrons. The molecule has 1 heterocycles. The lowest BCUT2D eigenvalue weighted by atomic mass is 9.95. The molecule has 2 aromatic rings. The van der Waals surface area contributed by atoms with Crippen molar-refractivity contribution in [3.8, 4) is 5.75 Å². The first kappa shape index (κ1) is 20.4. The Morgan fingerprint density at radius 1 is 1.14 bits per heavy atom. The minimum atomic E-state index is -0.0588. The third-order valence-corrected chi connectivity index (χ3v) is 5.37. The van der Waals surface area contributed by atoms with Crippen LogP contribution in [0, 0.1) is 0 Å². The fourth-order valence-corrected chi connectivity index (χ4v) is 3.99. The zero-order valence-electron chi connectivity index (χ0n) is 16.8. The summed E-state index contributed by atoms with van der Waals surface area (Å²) in [6.45, 7) is 6.56. The number of likely N-dealkylation sites (tertiary alicyclic amines) is 1. The van der Waals surface area contributed by atoms with Gasteiger partial charge in [-0.3, -0.25) is 9.69 Å². The highest BCUT2D eigenvalue weighted by Crippen LogP contribution is 2.28. The summed E-state index contributed by atoms with van der Waals surface area (Å²) in [5.74, 6) is 1.14. The van der Waals surface area contributed by atoms with Crippen molar-refractivity contribution in [1.82, 2.24) is 10.2 Å². The van der Waals surface area contributed by atoms with E-state index in [4.69, 9.17) is 10.5 Å². The van der Waals surface area contributed by atoms with E-state index in [9.17, 15) is 4.79 Å². The first-order valence-corrected chi connectivity index (χ1v) is 10.2. The van der Waals surface area contributed by atoms with Gasteiger partial charge < -0.3 is 15.8 Å². The van der Waals surface area contributed by atoms with Gasteiger partial charge in [-0.1, -0.05) is 55.5 Å². The number of ether oxygens (including phenoxy) is 1.